The van der Waals surface area contributed by atoms with Crippen molar-refractivity contribution in [2.75, 3.05) is 55.7 Å². The predicted molar refractivity (Wildman–Crippen MR) is 501 cm³/mol. The molecule has 4 aromatic heterocycles. The molecule has 0 bridgehead atoms. The molecular weight excluding hydrogens is 1770 g/mol. The van der Waals surface area contributed by atoms with Crippen molar-refractivity contribution in [2.24, 2.45) is 28.9 Å². The van der Waals surface area contributed by atoms with Crippen LogP contribution < -0.4 is 67.1 Å². The number of nitrogens with one attached hydrogen (secondary N) is 4. The zero-order valence-electron chi connectivity index (χ0n) is 76.3. The van der Waals surface area contributed by atoms with E-state index < -0.39 is 95.7 Å². The van der Waals surface area contributed by atoms with E-state index in [1.807, 2.05) is 45.0 Å². The molecule has 3 atom stereocenters. The number of primary amides is 4. The topological polar surface area (TPSA) is 471 Å². The van der Waals surface area contributed by atoms with Gasteiger partial charge in [-0.2, -0.15) is 20.4 Å². The summed E-state index contributed by atoms with van der Waals surface area (Å²) in [6.07, 6.45) is 4.64. The number of likely N-dealkylation sites (tertiary alicyclic amines) is 2. The SMILES string of the molecule is CCN1CC(n2nc(-c3ccc(CNC(=O)c4cc(F)ccc4C)cc3)c(C(N)=O)c2N)C(F)(F)C1.CCn1nc(-c2ccc(CNC(=O)c3cc(F)ccc3C)cc2)c(C(N)=O)c1N.Cc1ccc(F)cc1C(=O)NCc1ccc(-c2nn(C(C)C3CCCC3)c(N)c2C(N)=O)cc1.Cc1ccc(F)cc1C(=O)NCc1ccc(-c2nn(C3CN(C(C)C)CC3(F)F)c(N)c2C(N)=O)cc1. The molecule has 714 valence electrons. The molecule has 0 radical (unpaired) electrons. The average Bonchev–Trinajstić information content (AvgIpc) is 1.61. The molecule has 3 aliphatic rings. The number of aryl methyl sites for hydroxylation is 5. The number of carbonyl (C=O) groups excluding carboxylic acids is 8. The number of likely N-dealkylation sites (N-methyl/N-ethyl adjacent to an activating group) is 1. The molecule has 8 aromatic carbocycles. The maximum Gasteiger partial charge on any atom is 0.283 e. The largest absolute Gasteiger partial charge is 0.383 e. The zero-order valence-corrected chi connectivity index (χ0v) is 76.3. The molecule has 2 aliphatic heterocycles. The van der Waals surface area contributed by atoms with Crippen molar-refractivity contribution >= 4 is 70.5 Å². The van der Waals surface area contributed by atoms with Gasteiger partial charge in [0.15, 0.2) is 0 Å². The van der Waals surface area contributed by atoms with Crippen molar-refractivity contribution in [2.45, 2.75) is 157 Å². The number of aromatic nitrogens is 8. The first-order valence-corrected chi connectivity index (χ1v) is 43.9. The summed E-state index contributed by atoms with van der Waals surface area (Å²) in [6, 6.07) is 41.4. The van der Waals surface area contributed by atoms with Crippen molar-refractivity contribution in [3.63, 3.8) is 0 Å². The van der Waals surface area contributed by atoms with Crippen molar-refractivity contribution in [3.8, 4) is 45.0 Å². The standard InChI is InChI=1S/C26H29F3N6O2.C26H30FN5O2.C25H27F3N6O2.C21H22FN5O2/c1-14(2)34-12-20(26(28,29)13-34)35-23(30)21(24(31)36)22(33-35)17-7-5-16(6-8-17)11-32-25(37)19-10-18(27)9-4-15(19)3;1-15-7-12-20(27)13-21(15)26(34)30-14-17-8-10-19(11-9-17)23-22(25(29)33)24(28)32(31-23)16(2)18-5-3-4-6-18;1-3-33-12-19(25(27,28)13-33)34-22(29)20(23(30)35)21(32-34)16-7-5-15(6-8-16)11-31-24(36)18-10-17(26)9-4-14(18)2;1-3-27-19(23)17(20(24)28)18(26-27)14-7-5-13(6-8-14)11-25-21(29)16-10-15(22)9-4-12(16)2/h4-10,14,20H,11-13,30H2,1-3H3,(H2,31,36)(H,32,37);7-13,16,18H,3-6,14,28H2,1-2H3,(H2,29,33)(H,30,34);4-10,19H,3,11-13,29H2,1-2H3,(H2,30,35)(H,31,36);4-10H,3,11,23H2,1-2H3,(H2,24,28)(H,25,29). The third kappa shape index (κ3) is 22.7. The molecule has 3 unspecified atom stereocenters. The Hall–Kier alpha value is -15.1. The highest BCUT2D eigenvalue weighted by Gasteiger charge is 2.52. The van der Waals surface area contributed by atoms with Gasteiger partial charge in [-0.05, 0) is 174 Å². The fourth-order valence-electron chi connectivity index (χ4n) is 16.6. The van der Waals surface area contributed by atoms with E-state index in [2.05, 4.69) is 43.5 Å². The van der Waals surface area contributed by atoms with Crippen LogP contribution in [0.1, 0.15) is 206 Å². The summed E-state index contributed by atoms with van der Waals surface area (Å²) in [5, 5.41) is 28.7. The molecule has 1 aliphatic carbocycles. The lowest BCUT2D eigenvalue weighted by Crippen LogP contribution is -2.32. The summed E-state index contributed by atoms with van der Waals surface area (Å²) < 4.78 is 118. The predicted octanol–water partition coefficient (Wildman–Crippen LogP) is 13.6. The smallest absolute Gasteiger partial charge is 0.283 e. The van der Waals surface area contributed by atoms with Gasteiger partial charge in [-0.15, -0.1) is 0 Å². The van der Waals surface area contributed by atoms with E-state index >= 15 is 0 Å². The quantitative estimate of drug-likeness (QED) is 0.0213. The molecule has 30 nitrogen and oxygen atoms in total. The van der Waals surface area contributed by atoms with Crippen molar-refractivity contribution < 1.29 is 73.5 Å². The molecule has 15 rings (SSSR count). The Morgan fingerprint density at radius 3 is 0.978 bits per heavy atom. The Morgan fingerprint density at radius 2 is 0.684 bits per heavy atom. The summed E-state index contributed by atoms with van der Waals surface area (Å²) in [5.41, 5.74) is 57.2. The molecule has 8 amide bonds. The molecule has 38 heteroatoms. The van der Waals surface area contributed by atoms with Gasteiger partial charge in [0.25, 0.3) is 59.1 Å². The third-order valence-electron chi connectivity index (χ3n) is 24.5. The second kappa shape index (κ2) is 42.4. The molecule has 12 aromatic rings. The lowest BCUT2D eigenvalue weighted by molar-refractivity contribution is -0.0258. The van der Waals surface area contributed by atoms with E-state index in [9.17, 15) is 73.5 Å². The van der Waals surface area contributed by atoms with Gasteiger partial charge in [-0.25, -0.2) is 53.9 Å². The van der Waals surface area contributed by atoms with E-state index in [-0.39, 0.29) is 125 Å². The summed E-state index contributed by atoms with van der Waals surface area (Å²) in [4.78, 5) is 101. The Morgan fingerprint density at radius 1 is 0.390 bits per heavy atom. The van der Waals surface area contributed by atoms with Gasteiger partial charge < -0.3 is 67.1 Å². The summed E-state index contributed by atoms with van der Waals surface area (Å²) in [5.74, 6) is -12.0. The maximum absolute atomic E-state index is 14.9. The number of anilines is 4. The molecule has 6 heterocycles. The molecule has 136 heavy (non-hydrogen) atoms. The first kappa shape index (κ1) is 99.9. The van der Waals surface area contributed by atoms with Gasteiger partial charge in [0.2, 0.25) is 0 Å². The van der Waals surface area contributed by atoms with Gasteiger partial charge in [0.05, 0.1) is 19.1 Å². The number of hydrogen-bond donors (Lipinski definition) is 12. The Labute approximate surface area is 778 Å². The fourth-order valence-corrected chi connectivity index (χ4v) is 16.6. The highest BCUT2D eigenvalue weighted by Crippen LogP contribution is 2.44. The number of carbonyl (C=O) groups is 8. The van der Waals surface area contributed by atoms with E-state index in [0.29, 0.717) is 97.4 Å². The lowest BCUT2D eigenvalue weighted by atomic mass is 10.00. The van der Waals surface area contributed by atoms with Crippen LogP contribution in [0.3, 0.4) is 0 Å². The van der Waals surface area contributed by atoms with Crippen LogP contribution in [0, 0.1) is 56.9 Å². The second-order valence-corrected chi connectivity index (χ2v) is 34.1. The van der Waals surface area contributed by atoms with Crippen molar-refractivity contribution in [3.05, 3.63) is 282 Å². The van der Waals surface area contributed by atoms with Crippen LogP contribution in [0.15, 0.2) is 170 Å². The number of rotatable bonds is 27. The highest BCUT2D eigenvalue weighted by atomic mass is 19.3. The number of amides is 8. The van der Waals surface area contributed by atoms with Crippen molar-refractivity contribution in [1.29, 1.82) is 0 Å². The van der Waals surface area contributed by atoms with Gasteiger partial charge >= 0.3 is 0 Å². The lowest BCUT2D eigenvalue weighted by Gasteiger charge is -2.20. The molecule has 20 N–H and O–H groups in total. The minimum absolute atomic E-state index is 0.0254. The number of nitrogens with zero attached hydrogens (tertiary/aromatic N) is 10. The second-order valence-electron chi connectivity index (χ2n) is 34.1. The minimum Gasteiger partial charge on any atom is -0.383 e. The van der Waals surface area contributed by atoms with Crippen LogP contribution in [0.2, 0.25) is 0 Å². The van der Waals surface area contributed by atoms with Crippen LogP contribution in [0.25, 0.3) is 45.0 Å². The highest BCUT2D eigenvalue weighted by molar-refractivity contribution is 6.06. The summed E-state index contributed by atoms with van der Waals surface area (Å²) >= 11 is 0. The zero-order chi connectivity index (χ0) is 98.8. The number of benzene rings is 8. The first-order valence-electron chi connectivity index (χ1n) is 43.9. The number of halogens is 8. The normalized spacial score (nSPS) is 15.3. The van der Waals surface area contributed by atoms with Crippen molar-refractivity contribution in [1.82, 2.24) is 70.2 Å². The van der Waals surface area contributed by atoms with Gasteiger partial charge in [0, 0.05) is 96.4 Å². The first-order chi connectivity index (χ1) is 64.5. The van der Waals surface area contributed by atoms with Crippen LogP contribution in [-0.2, 0) is 32.7 Å². The van der Waals surface area contributed by atoms with Gasteiger partial charge in [-0.3, -0.25) is 48.2 Å². The van der Waals surface area contributed by atoms with E-state index in [1.165, 1.54) is 78.2 Å². The van der Waals surface area contributed by atoms with E-state index in [4.69, 9.17) is 51.0 Å². The molecular formula is C98H108F8N22O8. The minimum atomic E-state index is -3.10. The fraction of sp³-hybridized carbons (Fsp3) is 0.306. The van der Waals surface area contributed by atoms with Crippen LogP contribution in [-0.4, -0.2) is 147 Å². The Bertz CT molecular complexity index is 6470. The summed E-state index contributed by atoms with van der Waals surface area (Å²) in [7, 11) is 0. The molecule has 2 saturated heterocycles. The van der Waals surface area contributed by atoms with Crippen LogP contribution >= 0.6 is 0 Å². The van der Waals surface area contributed by atoms with Gasteiger partial charge in [0.1, 0.15) is 104 Å². The van der Waals surface area contributed by atoms with E-state index in [0.717, 1.165) is 38.9 Å². The summed E-state index contributed by atoms with van der Waals surface area (Å²) in [6.45, 7) is 17.3. The number of nitrogens with two attached hydrogens (primary N) is 8. The average molecular weight is 1870 g/mol. The molecule has 1 saturated carbocycles. The molecule has 3 fully saturated rings. The van der Waals surface area contributed by atoms with Crippen LogP contribution in [0.4, 0.5) is 58.4 Å². The number of nitrogen functional groups attached to an aromatic ring is 4. The monoisotopic (exact) mass is 1870 g/mol. The van der Waals surface area contributed by atoms with Gasteiger partial charge in [-0.1, -0.05) is 141 Å². The molecule has 0 spiro atoms. The third-order valence-corrected chi connectivity index (χ3v) is 24.5. The number of hydrogen-bond acceptors (Lipinski definition) is 18. The Balaban J connectivity index is 0.000000164. The number of alkyl halides is 4. The maximum atomic E-state index is 14.9. The van der Waals surface area contributed by atoms with Crippen LogP contribution in [0.5, 0.6) is 0 Å². The van der Waals surface area contributed by atoms with E-state index in [1.54, 1.807) is 134 Å². The Kier molecular flexibility index (Phi) is 31.2.